The normalized spacial score (nSPS) is 10.8. The summed E-state index contributed by atoms with van der Waals surface area (Å²) in [6.45, 7) is 0. The minimum Gasteiger partial charge on any atom is -0.422 e. The van der Waals surface area contributed by atoms with Crippen LogP contribution in [0.5, 0.6) is 5.75 Å². The Morgan fingerprint density at radius 1 is 1.32 bits per heavy atom. The number of thiophene rings is 1. The number of carbonyl (C=O) groups excluding carboxylic acids is 1. The molecule has 0 aliphatic carbocycles. The molecule has 2 rings (SSSR count). The van der Waals surface area contributed by atoms with E-state index in [0.29, 0.717) is 10.8 Å². The summed E-state index contributed by atoms with van der Waals surface area (Å²) in [6.07, 6.45) is 1.50. The van der Waals surface area contributed by atoms with Crippen LogP contribution < -0.4 is 4.74 Å². The fourth-order valence-corrected chi connectivity index (χ4v) is 2.10. The van der Waals surface area contributed by atoms with Crippen molar-refractivity contribution in [2.45, 2.75) is 0 Å². The molecule has 0 radical (unpaired) electrons. The molecule has 1 heterocycles. The Hall–Kier alpha value is -2.09. The lowest BCUT2D eigenvalue weighted by molar-refractivity contribution is -0.129. The highest BCUT2D eigenvalue weighted by Gasteiger charge is 2.12. The number of halogens is 1. The Morgan fingerprint density at radius 3 is 2.63 bits per heavy atom. The summed E-state index contributed by atoms with van der Waals surface area (Å²) < 4.78 is 5.09. The van der Waals surface area contributed by atoms with Gasteiger partial charge < -0.3 is 4.74 Å². The summed E-state index contributed by atoms with van der Waals surface area (Å²) in [4.78, 5) is 12.6. The molecule has 0 amide bonds. The van der Waals surface area contributed by atoms with Crippen molar-refractivity contribution in [3.63, 3.8) is 0 Å². The number of nitriles is 1. The van der Waals surface area contributed by atoms with Gasteiger partial charge in [-0.2, -0.15) is 5.26 Å². The van der Waals surface area contributed by atoms with Crippen molar-refractivity contribution >= 4 is 35.0 Å². The number of carbonyl (C=O) groups is 1. The SMILES string of the molecule is N#C/C(=C\c1cccs1)C(=O)Oc1ccc(Cl)cc1. The van der Waals surface area contributed by atoms with Crippen LogP contribution in [0.25, 0.3) is 6.08 Å². The molecule has 0 aliphatic heterocycles. The van der Waals surface area contributed by atoms with Crippen molar-refractivity contribution in [3.05, 3.63) is 57.3 Å². The lowest BCUT2D eigenvalue weighted by atomic mass is 10.2. The molecule has 94 valence electrons. The van der Waals surface area contributed by atoms with Gasteiger partial charge in [-0.05, 0) is 41.8 Å². The van der Waals surface area contributed by atoms with E-state index >= 15 is 0 Å². The molecule has 3 nitrogen and oxygen atoms in total. The maximum Gasteiger partial charge on any atom is 0.354 e. The van der Waals surface area contributed by atoms with Gasteiger partial charge in [0, 0.05) is 9.90 Å². The number of esters is 1. The van der Waals surface area contributed by atoms with Gasteiger partial charge in [-0.1, -0.05) is 17.7 Å². The van der Waals surface area contributed by atoms with Gasteiger partial charge in [0.25, 0.3) is 0 Å². The van der Waals surface area contributed by atoms with Crippen LogP contribution in [0.3, 0.4) is 0 Å². The molecule has 0 atom stereocenters. The summed E-state index contributed by atoms with van der Waals surface area (Å²) in [5.74, 6) is -0.333. The van der Waals surface area contributed by atoms with Crippen LogP contribution in [-0.4, -0.2) is 5.97 Å². The Kier molecular flexibility index (Phi) is 4.35. The van der Waals surface area contributed by atoms with Gasteiger partial charge in [-0.25, -0.2) is 4.79 Å². The average Bonchev–Trinajstić information content (AvgIpc) is 2.91. The molecular formula is C14H8ClNO2S. The molecule has 0 bridgehead atoms. The summed E-state index contributed by atoms with van der Waals surface area (Å²) >= 11 is 7.17. The number of hydrogen-bond acceptors (Lipinski definition) is 4. The molecule has 0 N–H and O–H groups in total. The number of rotatable bonds is 3. The molecule has 2 aromatic rings. The number of nitrogens with zero attached hydrogens (tertiary/aromatic N) is 1. The second-order valence-corrected chi connectivity index (χ2v) is 4.94. The van der Waals surface area contributed by atoms with Gasteiger partial charge in [0.1, 0.15) is 17.4 Å². The molecule has 0 fully saturated rings. The molecule has 0 saturated heterocycles. The summed E-state index contributed by atoms with van der Waals surface area (Å²) in [6, 6.07) is 11.9. The summed E-state index contributed by atoms with van der Waals surface area (Å²) in [7, 11) is 0. The highest BCUT2D eigenvalue weighted by atomic mass is 35.5. The Balaban J connectivity index is 2.14. The Labute approximate surface area is 119 Å². The fraction of sp³-hybridized carbons (Fsp3) is 0. The monoisotopic (exact) mass is 289 g/mol. The van der Waals surface area contributed by atoms with Crippen LogP contribution in [0, 0.1) is 11.3 Å². The van der Waals surface area contributed by atoms with E-state index in [0.717, 1.165) is 4.88 Å². The van der Waals surface area contributed by atoms with E-state index in [4.69, 9.17) is 21.6 Å². The second kappa shape index (κ2) is 6.19. The van der Waals surface area contributed by atoms with Crippen molar-refractivity contribution in [1.29, 1.82) is 5.26 Å². The van der Waals surface area contributed by atoms with E-state index in [2.05, 4.69) is 0 Å². The van der Waals surface area contributed by atoms with Gasteiger partial charge in [0.15, 0.2) is 0 Å². The summed E-state index contributed by atoms with van der Waals surface area (Å²) in [5.41, 5.74) is -0.0441. The first-order chi connectivity index (χ1) is 9.19. The van der Waals surface area contributed by atoms with E-state index in [1.807, 2.05) is 23.6 Å². The minimum absolute atomic E-state index is 0.0441. The van der Waals surface area contributed by atoms with E-state index in [-0.39, 0.29) is 5.57 Å². The van der Waals surface area contributed by atoms with Crippen LogP contribution in [0.2, 0.25) is 5.02 Å². The third-order valence-electron chi connectivity index (χ3n) is 2.19. The van der Waals surface area contributed by atoms with Gasteiger partial charge in [0.2, 0.25) is 0 Å². The van der Waals surface area contributed by atoms with Gasteiger partial charge >= 0.3 is 5.97 Å². The van der Waals surface area contributed by atoms with E-state index in [1.165, 1.54) is 17.4 Å². The molecule has 5 heteroatoms. The van der Waals surface area contributed by atoms with Crippen LogP contribution in [0.1, 0.15) is 4.88 Å². The first-order valence-electron chi connectivity index (χ1n) is 5.32. The van der Waals surface area contributed by atoms with Crippen LogP contribution in [-0.2, 0) is 4.79 Å². The van der Waals surface area contributed by atoms with Crippen LogP contribution in [0.4, 0.5) is 0 Å². The van der Waals surface area contributed by atoms with Crippen molar-refractivity contribution in [2.75, 3.05) is 0 Å². The quantitative estimate of drug-likeness (QED) is 0.372. The molecule has 0 unspecified atom stereocenters. The molecular weight excluding hydrogens is 282 g/mol. The van der Waals surface area contributed by atoms with E-state index in [1.54, 1.807) is 24.3 Å². The third kappa shape index (κ3) is 3.68. The Morgan fingerprint density at radius 2 is 2.05 bits per heavy atom. The van der Waals surface area contributed by atoms with Crippen molar-refractivity contribution in [2.24, 2.45) is 0 Å². The standard InChI is InChI=1S/C14H8ClNO2S/c15-11-3-5-12(6-4-11)18-14(17)10(9-16)8-13-2-1-7-19-13/h1-8H/b10-8+. The molecule has 1 aromatic heterocycles. The second-order valence-electron chi connectivity index (χ2n) is 3.53. The smallest absolute Gasteiger partial charge is 0.354 e. The number of hydrogen-bond donors (Lipinski definition) is 0. The predicted molar refractivity (Wildman–Crippen MR) is 75.0 cm³/mol. The van der Waals surface area contributed by atoms with Crippen molar-refractivity contribution < 1.29 is 9.53 Å². The first kappa shape index (κ1) is 13.3. The lowest BCUT2D eigenvalue weighted by Crippen LogP contribution is -2.09. The maximum absolute atomic E-state index is 11.8. The lowest BCUT2D eigenvalue weighted by Gasteiger charge is -2.02. The fourth-order valence-electron chi connectivity index (χ4n) is 1.32. The predicted octanol–water partition coefficient (Wildman–Crippen LogP) is 3.91. The summed E-state index contributed by atoms with van der Waals surface area (Å²) in [5, 5.41) is 11.4. The maximum atomic E-state index is 11.8. The van der Waals surface area contributed by atoms with Gasteiger partial charge in [-0.15, -0.1) is 11.3 Å². The van der Waals surface area contributed by atoms with Crippen LogP contribution in [0.15, 0.2) is 47.4 Å². The molecule has 0 spiro atoms. The number of benzene rings is 1. The molecule has 19 heavy (non-hydrogen) atoms. The highest BCUT2D eigenvalue weighted by molar-refractivity contribution is 7.10. The number of ether oxygens (including phenoxy) is 1. The Bertz CT molecular complexity index is 639. The van der Waals surface area contributed by atoms with E-state index in [9.17, 15) is 4.79 Å². The van der Waals surface area contributed by atoms with Gasteiger partial charge in [-0.3, -0.25) is 0 Å². The van der Waals surface area contributed by atoms with Crippen LogP contribution >= 0.6 is 22.9 Å². The minimum atomic E-state index is -0.682. The zero-order chi connectivity index (χ0) is 13.7. The average molecular weight is 290 g/mol. The topological polar surface area (TPSA) is 50.1 Å². The third-order valence-corrected chi connectivity index (χ3v) is 3.27. The van der Waals surface area contributed by atoms with E-state index < -0.39 is 5.97 Å². The zero-order valence-corrected chi connectivity index (χ0v) is 11.2. The molecule has 0 aliphatic rings. The van der Waals surface area contributed by atoms with Gasteiger partial charge in [0.05, 0.1) is 0 Å². The zero-order valence-electron chi connectivity index (χ0n) is 9.67. The largest absolute Gasteiger partial charge is 0.422 e. The van der Waals surface area contributed by atoms with Crippen molar-refractivity contribution in [1.82, 2.24) is 0 Å². The first-order valence-corrected chi connectivity index (χ1v) is 6.58. The van der Waals surface area contributed by atoms with Crippen molar-refractivity contribution in [3.8, 4) is 11.8 Å². The molecule has 1 aromatic carbocycles. The molecule has 0 saturated carbocycles. The highest BCUT2D eigenvalue weighted by Crippen LogP contribution is 2.18.